The Bertz CT molecular complexity index is 351. The highest BCUT2D eigenvalue weighted by molar-refractivity contribution is 9.11. The predicted molar refractivity (Wildman–Crippen MR) is 61.3 cm³/mol. The number of hydrogen-bond acceptors (Lipinski definition) is 3. The van der Waals surface area contributed by atoms with Crippen LogP contribution in [-0.4, -0.2) is 19.7 Å². The van der Waals surface area contributed by atoms with Crippen LogP contribution < -0.4 is 0 Å². The van der Waals surface area contributed by atoms with Gasteiger partial charge in [0.2, 0.25) is 0 Å². The third-order valence-corrected chi connectivity index (χ3v) is 2.29. The summed E-state index contributed by atoms with van der Waals surface area (Å²) in [4.78, 5) is 10.9. The lowest BCUT2D eigenvalue weighted by atomic mass is 10.3. The summed E-state index contributed by atoms with van der Waals surface area (Å²) in [5, 5.41) is 0. The van der Waals surface area contributed by atoms with E-state index in [2.05, 4.69) is 20.7 Å². The molecule has 0 radical (unpaired) electrons. The van der Waals surface area contributed by atoms with Crippen molar-refractivity contribution in [3.63, 3.8) is 0 Å². The van der Waals surface area contributed by atoms with Gasteiger partial charge >= 0.3 is 5.97 Å². The summed E-state index contributed by atoms with van der Waals surface area (Å²) in [6, 6.07) is 0. The Hall–Kier alpha value is -1.29. The van der Waals surface area contributed by atoms with Crippen LogP contribution in [0.2, 0.25) is 0 Å². The topological polar surface area (TPSA) is 35.5 Å². The normalized spacial score (nSPS) is 14.8. The van der Waals surface area contributed by atoms with Gasteiger partial charge in [-0.05, 0) is 28.1 Å². The van der Waals surface area contributed by atoms with Crippen LogP contribution in [0.4, 0.5) is 0 Å². The molecule has 0 bridgehead atoms. The molecule has 0 N–H and O–H groups in total. The molecule has 0 amide bonds. The third kappa shape index (κ3) is 4.16. The molecule has 0 unspecified atom stereocenters. The van der Waals surface area contributed by atoms with Crippen LogP contribution in [0.1, 0.15) is 0 Å². The van der Waals surface area contributed by atoms with Crippen LogP contribution in [0.3, 0.4) is 0 Å². The Morgan fingerprint density at radius 1 is 1.27 bits per heavy atom. The first-order chi connectivity index (χ1) is 7.24. The van der Waals surface area contributed by atoms with Crippen molar-refractivity contribution in [3.05, 3.63) is 46.7 Å². The van der Waals surface area contributed by atoms with E-state index in [-0.39, 0.29) is 6.61 Å². The SMILES string of the molecule is COC(=O)COC1=CC=CC=CC=C1Br. The molecule has 0 aromatic heterocycles. The van der Waals surface area contributed by atoms with Gasteiger partial charge in [-0.3, -0.25) is 0 Å². The van der Waals surface area contributed by atoms with Gasteiger partial charge in [-0.25, -0.2) is 4.79 Å². The summed E-state index contributed by atoms with van der Waals surface area (Å²) >= 11 is 3.34. The molecule has 0 spiro atoms. The maximum Gasteiger partial charge on any atom is 0.343 e. The zero-order chi connectivity index (χ0) is 11.1. The first-order valence-electron chi connectivity index (χ1n) is 4.35. The van der Waals surface area contributed by atoms with Crippen molar-refractivity contribution in [2.75, 3.05) is 13.7 Å². The highest BCUT2D eigenvalue weighted by atomic mass is 79.9. The van der Waals surface area contributed by atoms with Gasteiger partial charge in [0.15, 0.2) is 6.61 Å². The standard InChI is InChI=1S/C11H11BrO3/c1-14-11(13)8-15-10-7-5-3-2-4-6-9(10)12/h2-7H,8H2,1H3. The zero-order valence-electron chi connectivity index (χ0n) is 8.27. The molecular formula is C11H11BrO3. The lowest BCUT2D eigenvalue weighted by Gasteiger charge is -2.08. The number of methoxy groups -OCH3 is 1. The number of halogens is 1. The quantitative estimate of drug-likeness (QED) is 0.740. The lowest BCUT2D eigenvalue weighted by molar-refractivity contribution is -0.144. The molecule has 0 saturated carbocycles. The summed E-state index contributed by atoms with van der Waals surface area (Å²) in [7, 11) is 1.33. The molecule has 80 valence electrons. The fourth-order valence-corrected chi connectivity index (χ4v) is 1.28. The molecule has 0 atom stereocenters. The molecule has 1 rings (SSSR count). The van der Waals surface area contributed by atoms with Crippen molar-refractivity contribution in [2.45, 2.75) is 0 Å². The van der Waals surface area contributed by atoms with Crippen molar-refractivity contribution in [1.29, 1.82) is 0 Å². The number of hydrogen-bond donors (Lipinski definition) is 0. The van der Waals surface area contributed by atoms with E-state index in [4.69, 9.17) is 4.74 Å². The Balaban J connectivity index is 2.63. The summed E-state index contributed by atoms with van der Waals surface area (Å²) in [6.07, 6.45) is 11.1. The largest absolute Gasteiger partial charge is 0.481 e. The number of carbonyl (C=O) groups is 1. The molecule has 1 aliphatic carbocycles. The van der Waals surface area contributed by atoms with Crippen molar-refractivity contribution >= 4 is 21.9 Å². The molecule has 0 saturated heterocycles. The van der Waals surface area contributed by atoms with Gasteiger partial charge in [0.05, 0.1) is 11.6 Å². The Labute approximate surface area is 96.9 Å². The molecule has 0 aromatic rings. The van der Waals surface area contributed by atoms with Gasteiger partial charge in [0.25, 0.3) is 0 Å². The average Bonchev–Trinajstić information content (AvgIpc) is 2.22. The van der Waals surface area contributed by atoms with Crippen LogP contribution >= 0.6 is 15.9 Å². The molecule has 4 heteroatoms. The van der Waals surface area contributed by atoms with E-state index in [1.807, 2.05) is 30.4 Å². The van der Waals surface area contributed by atoms with Crippen LogP contribution in [0, 0.1) is 0 Å². The third-order valence-electron chi connectivity index (χ3n) is 1.63. The molecule has 15 heavy (non-hydrogen) atoms. The Morgan fingerprint density at radius 3 is 2.60 bits per heavy atom. The van der Waals surface area contributed by atoms with E-state index in [0.717, 1.165) is 4.48 Å². The van der Waals surface area contributed by atoms with E-state index >= 15 is 0 Å². The summed E-state index contributed by atoms with van der Waals surface area (Å²) in [6.45, 7) is -0.0944. The minimum atomic E-state index is -0.405. The molecule has 3 nitrogen and oxygen atoms in total. The summed E-state index contributed by atoms with van der Waals surface area (Å²) in [5.41, 5.74) is 0. The fraction of sp³-hybridized carbons (Fsp3) is 0.182. The van der Waals surface area contributed by atoms with Crippen LogP contribution in [0.15, 0.2) is 46.7 Å². The van der Waals surface area contributed by atoms with Crippen molar-refractivity contribution in [3.8, 4) is 0 Å². The number of ether oxygens (including phenoxy) is 2. The van der Waals surface area contributed by atoms with Gasteiger partial charge in [0.1, 0.15) is 5.76 Å². The van der Waals surface area contributed by atoms with Crippen LogP contribution in [0.25, 0.3) is 0 Å². The monoisotopic (exact) mass is 270 g/mol. The average molecular weight is 271 g/mol. The second-order valence-electron chi connectivity index (χ2n) is 2.68. The zero-order valence-corrected chi connectivity index (χ0v) is 9.86. The van der Waals surface area contributed by atoms with Gasteiger partial charge in [-0.1, -0.05) is 24.3 Å². The highest BCUT2D eigenvalue weighted by Gasteiger charge is 2.06. The van der Waals surface area contributed by atoms with Crippen LogP contribution in [0.5, 0.6) is 0 Å². The number of rotatable bonds is 3. The van der Waals surface area contributed by atoms with E-state index in [1.165, 1.54) is 7.11 Å². The van der Waals surface area contributed by atoms with E-state index in [0.29, 0.717) is 5.76 Å². The lowest BCUT2D eigenvalue weighted by Crippen LogP contribution is -2.10. The van der Waals surface area contributed by atoms with Gasteiger partial charge in [0, 0.05) is 0 Å². The maximum absolute atomic E-state index is 10.9. The van der Waals surface area contributed by atoms with E-state index in [9.17, 15) is 4.79 Å². The smallest absolute Gasteiger partial charge is 0.343 e. The van der Waals surface area contributed by atoms with E-state index < -0.39 is 5.97 Å². The molecular weight excluding hydrogens is 260 g/mol. The molecule has 0 aliphatic heterocycles. The molecule has 0 aromatic carbocycles. The fourth-order valence-electron chi connectivity index (χ4n) is 0.886. The number of esters is 1. The first-order valence-corrected chi connectivity index (χ1v) is 5.14. The highest BCUT2D eigenvalue weighted by Crippen LogP contribution is 2.19. The summed E-state index contributed by atoms with van der Waals surface area (Å²) in [5.74, 6) is 0.193. The Kier molecular flexibility index (Phi) is 4.90. The second kappa shape index (κ2) is 6.24. The second-order valence-corrected chi connectivity index (χ2v) is 3.53. The maximum atomic E-state index is 10.9. The Morgan fingerprint density at radius 2 is 1.93 bits per heavy atom. The number of allylic oxidation sites excluding steroid dienone is 7. The minimum absolute atomic E-state index is 0.0944. The minimum Gasteiger partial charge on any atom is -0.481 e. The van der Waals surface area contributed by atoms with E-state index in [1.54, 1.807) is 6.08 Å². The predicted octanol–water partition coefficient (Wildman–Crippen LogP) is 2.46. The summed E-state index contributed by atoms with van der Waals surface area (Å²) < 4.78 is 10.5. The molecule has 1 aliphatic rings. The van der Waals surface area contributed by atoms with Crippen molar-refractivity contribution < 1.29 is 14.3 Å². The van der Waals surface area contributed by atoms with Crippen molar-refractivity contribution in [2.24, 2.45) is 0 Å². The first kappa shape index (κ1) is 11.8. The van der Waals surface area contributed by atoms with Crippen molar-refractivity contribution in [1.82, 2.24) is 0 Å². The van der Waals surface area contributed by atoms with Gasteiger partial charge in [-0.2, -0.15) is 0 Å². The molecule has 0 heterocycles. The van der Waals surface area contributed by atoms with Crippen LogP contribution in [-0.2, 0) is 14.3 Å². The molecule has 0 fully saturated rings. The number of carbonyl (C=O) groups excluding carboxylic acids is 1. The van der Waals surface area contributed by atoms with Gasteiger partial charge < -0.3 is 9.47 Å². The van der Waals surface area contributed by atoms with Gasteiger partial charge in [-0.15, -0.1) is 0 Å².